The second-order valence-corrected chi connectivity index (χ2v) is 19.7. The van der Waals surface area contributed by atoms with Crippen molar-refractivity contribution in [1.29, 1.82) is 0 Å². The van der Waals surface area contributed by atoms with Crippen LogP contribution in [0.4, 0.5) is 0 Å². The van der Waals surface area contributed by atoms with Gasteiger partial charge in [-0.15, -0.1) is 0 Å². The van der Waals surface area contributed by atoms with Crippen LogP contribution in [0.3, 0.4) is 0 Å². The molecule has 2 unspecified atom stereocenters. The van der Waals surface area contributed by atoms with Gasteiger partial charge < -0.3 is 0 Å². The van der Waals surface area contributed by atoms with E-state index in [9.17, 15) is 25.9 Å². The molecule has 0 fully saturated rings. The fourth-order valence-corrected chi connectivity index (χ4v) is 9.34. The molecule has 0 aliphatic heterocycles. The van der Waals surface area contributed by atoms with Crippen LogP contribution in [-0.2, 0) is 20.2 Å². The van der Waals surface area contributed by atoms with Crippen LogP contribution < -0.4 is 0 Å². The number of unbranched alkanes of at least 4 members (excludes halogenated alkanes) is 25. The molecule has 0 bridgehead atoms. The van der Waals surface area contributed by atoms with Gasteiger partial charge in [-0.1, -0.05) is 218 Å². The highest BCUT2D eigenvalue weighted by atomic mass is 32.2. The lowest BCUT2D eigenvalue weighted by Crippen LogP contribution is -2.02. The molecule has 2 aromatic rings. The number of benzene rings is 2. The van der Waals surface area contributed by atoms with Crippen LogP contribution in [-0.4, -0.2) is 25.9 Å². The Labute approximate surface area is 345 Å². The molecule has 8 heteroatoms. The monoisotopic (exact) mass is 819 g/mol. The summed E-state index contributed by atoms with van der Waals surface area (Å²) in [6.45, 7) is 4.53. The molecule has 2 rings (SSSR count). The van der Waals surface area contributed by atoms with Gasteiger partial charge in [0.25, 0.3) is 20.2 Å². The molecule has 0 spiro atoms. The van der Waals surface area contributed by atoms with E-state index >= 15 is 0 Å². The van der Waals surface area contributed by atoms with Crippen LogP contribution in [0.5, 0.6) is 0 Å². The molecule has 0 heterocycles. The Kier molecular flexibility index (Phi) is 28.1. The van der Waals surface area contributed by atoms with E-state index in [1.165, 1.54) is 191 Å². The standard InChI is InChI=1S/C48H82O6S2/c1-3-5-7-9-11-13-15-19-23-27-31-43(45-35-39-47(40-36-45)55(49,50)51)33-29-25-21-17-18-22-26-30-34-44(46-37-41-48(42-38-46)56(52,53)54)32-28-24-20-16-14-12-10-8-6-4-2/h35-44H,3-34H2,1-2H3,(H,49,50,51)(H,52,53,54). The van der Waals surface area contributed by atoms with Gasteiger partial charge in [0.2, 0.25) is 0 Å². The van der Waals surface area contributed by atoms with Crippen LogP contribution in [0.1, 0.15) is 242 Å². The Hall–Kier alpha value is -1.74. The SMILES string of the molecule is CCCCCCCCCCCCC(CCCCCCCCCCC(CCCCCCCCCCCC)c1ccc(S(=O)(=O)O)cc1)c1ccc(S(=O)(=O)O)cc1. The third-order valence-corrected chi connectivity index (χ3v) is 13.7. The van der Waals surface area contributed by atoms with Crippen LogP contribution in [0.25, 0.3) is 0 Å². The second-order valence-electron chi connectivity index (χ2n) is 16.8. The topological polar surface area (TPSA) is 109 Å². The minimum absolute atomic E-state index is 0.0297. The Bertz CT molecular complexity index is 1330. The first-order valence-electron chi connectivity index (χ1n) is 23.2. The largest absolute Gasteiger partial charge is 0.294 e. The lowest BCUT2D eigenvalue weighted by Gasteiger charge is -2.18. The second kappa shape index (κ2) is 31.2. The summed E-state index contributed by atoms with van der Waals surface area (Å²) >= 11 is 0. The maximum atomic E-state index is 11.6. The minimum Gasteiger partial charge on any atom is -0.282 e. The number of hydrogen-bond acceptors (Lipinski definition) is 4. The molecule has 0 amide bonds. The van der Waals surface area contributed by atoms with Gasteiger partial charge in [-0.25, -0.2) is 0 Å². The molecule has 2 N–H and O–H groups in total. The summed E-state index contributed by atoms with van der Waals surface area (Å²) in [6.07, 6.45) is 40.7. The highest BCUT2D eigenvalue weighted by Crippen LogP contribution is 2.31. The first-order valence-corrected chi connectivity index (χ1v) is 26.1. The highest BCUT2D eigenvalue weighted by molar-refractivity contribution is 7.86. The van der Waals surface area contributed by atoms with E-state index < -0.39 is 20.2 Å². The van der Waals surface area contributed by atoms with E-state index in [0.29, 0.717) is 11.8 Å². The summed E-state index contributed by atoms with van der Waals surface area (Å²) in [5.74, 6) is 0.856. The van der Waals surface area contributed by atoms with E-state index in [2.05, 4.69) is 13.8 Å². The van der Waals surface area contributed by atoms with Gasteiger partial charge in [0, 0.05) is 0 Å². The van der Waals surface area contributed by atoms with Crippen molar-refractivity contribution in [1.82, 2.24) is 0 Å². The summed E-state index contributed by atoms with van der Waals surface area (Å²) in [5.41, 5.74) is 2.38. The van der Waals surface area contributed by atoms with Gasteiger partial charge in [0.05, 0.1) is 9.79 Å². The predicted octanol–water partition coefficient (Wildman–Crippen LogP) is 15.6. The lowest BCUT2D eigenvalue weighted by atomic mass is 9.87. The van der Waals surface area contributed by atoms with Crippen molar-refractivity contribution >= 4 is 20.2 Å². The van der Waals surface area contributed by atoms with Crippen molar-refractivity contribution in [2.45, 2.75) is 241 Å². The average molecular weight is 819 g/mol. The van der Waals surface area contributed by atoms with Gasteiger partial charge in [-0.05, 0) is 72.9 Å². The molecular weight excluding hydrogens is 737 g/mol. The van der Waals surface area contributed by atoms with Gasteiger partial charge in [0.15, 0.2) is 0 Å². The number of hydrogen-bond donors (Lipinski definition) is 2. The van der Waals surface area contributed by atoms with Crippen molar-refractivity contribution in [3.05, 3.63) is 59.7 Å². The smallest absolute Gasteiger partial charge is 0.282 e. The van der Waals surface area contributed by atoms with Crippen LogP contribution in [0, 0.1) is 0 Å². The maximum Gasteiger partial charge on any atom is 0.294 e. The Morgan fingerprint density at radius 3 is 0.732 bits per heavy atom. The van der Waals surface area contributed by atoms with Crippen molar-refractivity contribution in [3.8, 4) is 0 Å². The molecule has 2 atom stereocenters. The Balaban J connectivity index is 1.71. The molecule has 6 nitrogen and oxygen atoms in total. The summed E-state index contributed by atoms with van der Waals surface area (Å²) in [4.78, 5) is -0.0595. The lowest BCUT2D eigenvalue weighted by molar-refractivity contribution is 0.471. The van der Waals surface area contributed by atoms with Crippen LogP contribution in [0.15, 0.2) is 58.3 Å². The zero-order chi connectivity index (χ0) is 40.7. The molecule has 0 saturated carbocycles. The summed E-state index contributed by atoms with van der Waals surface area (Å²) in [6, 6.07) is 13.8. The molecule has 0 saturated heterocycles. The molecule has 0 radical (unpaired) electrons. The van der Waals surface area contributed by atoms with E-state index in [1.54, 1.807) is 24.3 Å². The fraction of sp³-hybridized carbons (Fsp3) is 0.750. The third-order valence-electron chi connectivity index (χ3n) is 12.0. The Morgan fingerprint density at radius 2 is 0.536 bits per heavy atom. The number of rotatable bonds is 37. The summed E-state index contributed by atoms with van der Waals surface area (Å²) in [5, 5.41) is 0. The third kappa shape index (κ3) is 24.2. The molecule has 0 aliphatic rings. The van der Waals surface area contributed by atoms with E-state index in [-0.39, 0.29) is 9.79 Å². The van der Waals surface area contributed by atoms with Crippen molar-refractivity contribution in [2.24, 2.45) is 0 Å². The van der Waals surface area contributed by atoms with Crippen LogP contribution >= 0.6 is 0 Å². The zero-order valence-electron chi connectivity index (χ0n) is 35.7. The predicted molar refractivity (Wildman–Crippen MR) is 237 cm³/mol. The average Bonchev–Trinajstić information content (AvgIpc) is 3.17. The maximum absolute atomic E-state index is 11.6. The van der Waals surface area contributed by atoms with E-state index in [0.717, 1.165) is 25.7 Å². The first kappa shape index (κ1) is 50.4. The van der Waals surface area contributed by atoms with Gasteiger partial charge in [0.1, 0.15) is 0 Å². The van der Waals surface area contributed by atoms with Gasteiger partial charge in [-0.2, -0.15) is 16.8 Å². The molecular formula is C48H82O6S2. The quantitative estimate of drug-likeness (QED) is 0.0519. The minimum atomic E-state index is -4.18. The first-order chi connectivity index (χ1) is 27.1. The molecule has 322 valence electrons. The summed E-state index contributed by atoms with van der Waals surface area (Å²) in [7, 11) is -8.36. The van der Waals surface area contributed by atoms with Crippen molar-refractivity contribution < 1.29 is 25.9 Å². The molecule has 0 aliphatic carbocycles. The molecule has 0 aromatic heterocycles. The van der Waals surface area contributed by atoms with E-state index in [4.69, 9.17) is 0 Å². The van der Waals surface area contributed by atoms with Crippen LogP contribution in [0.2, 0.25) is 0 Å². The summed E-state index contributed by atoms with van der Waals surface area (Å²) < 4.78 is 65.3. The molecule has 2 aromatic carbocycles. The fourth-order valence-electron chi connectivity index (χ4n) is 8.38. The zero-order valence-corrected chi connectivity index (χ0v) is 37.4. The van der Waals surface area contributed by atoms with Gasteiger partial charge >= 0.3 is 0 Å². The molecule has 56 heavy (non-hydrogen) atoms. The highest BCUT2D eigenvalue weighted by Gasteiger charge is 2.16. The van der Waals surface area contributed by atoms with E-state index in [1.807, 2.05) is 24.3 Å². The normalized spacial score (nSPS) is 13.3. The Morgan fingerprint density at radius 1 is 0.339 bits per heavy atom. The van der Waals surface area contributed by atoms with Gasteiger partial charge in [-0.3, -0.25) is 9.11 Å². The van der Waals surface area contributed by atoms with Crippen molar-refractivity contribution in [3.63, 3.8) is 0 Å². The van der Waals surface area contributed by atoms with Crippen molar-refractivity contribution in [2.75, 3.05) is 0 Å².